The molecule has 0 atom stereocenters. The molecule has 2 aromatic carbocycles. The summed E-state index contributed by atoms with van der Waals surface area (Å²) in [5.41, 5.74) is 3.06. The molecule has 0 bridgehead atoms. The highest BCUT2D eigenvalue weighted by atomic mass is 16.5. The van der Waals surface area contributed by atoms with Crippen molar-refractivity contribution >= 4 is 16.7 Å². The van der Waals surface area contributed by atoms with Crippen molar-refractivity contribution in [1.29, 1.82) is 0 Å². The van der Waals surface area contributed by atoms with E-state index in [0.29, 0.717) is 18.8 Å². The number of hydrogen-bond acceptors (Lipinski definition) is 4. The molecule has 1 heterocycles. The smallest absolute Gasteiger partial charge is 0.225 e. The summed E-state index contributed by atoms with van der Waals surface area (Å²) < 4.78 is 16.8. The number of methoxy groups -OCH3 is 1. The van der Waals surface area contributed by atoms with Crippen LogP contribution in [0.25, 0.3) is 11.0 Å². The van der Waals surface area contributed by atoms with Crippen molar-refractivity contribution in [3.05, 3.63) is 65.7 Å². The summed E-state index contributed by atoms with van der Waals surface area (Å²) in [5, 5.41) is 0.993. The number of hydrogen-bond donors (Lipinski definition) is 0. The van der Waals surface area contributed by atoms with Crippen LogP contribution in [0.1, 0.15) is 12.5 Å². The second-order valence-corrected chi connectivity index (χ2v) is 5.07. The lowest BCUT2D eigenvalue weighted by Gasteiger charge is -2.06. The van der Waals surface area contributed by atoms with Crippen molar-refractivity contribution in [2.75, 3.05) is 13.7 Å². The van der Waals surface area contributed by atoms with Gasteiger partial charge in [-0.3, -0.25) is 0 Å². The molecule has 118 valence electrons. The minimum Gasteiger partial charge on any atom is -0.497 e. The molecule has 0 aliphatic heterocycles. The van der Waals surface area contributed by atoms with E-state index in [1.54, 1.807) is 7.11 Å². The van der Waals surface area contributed by atoms with Crippen molar-refractivity contribution in [3.63, 3.8) is 0 Å². The first-order valence-corrected chi connectivity index (χ1v) is 7.58. The average molecular weight is 309 g/mol. The molecule has 23 heavy (non-hydrogen) atoms. The molecular formula is C19H19NO3. The van der Waals surface area contributed by atoms with Crippen LogP contribution in [0.4, 0.5) is 5.69 Å². The first kappa shape index (κ1) is 15.3. The van der Waals surface area contributed by atoms with Gasteiger partial charge in [0, 0.05) is 23.6 Å². The summed E-state index contributed by atoms with van der Waals surface area (Å²) in [7, 11) is 1.64. The van der Waals surface area contributed by atoms with Gasteiger partial charge in [-0.05, 0) is 37.3 Å². The van der Waals surface area contributed by atoms with Gasteiger partial charge in [-0.15, -0.1) is 0 Å². The average Bonchev–Trinajstić information content (AvgIpc) is 2.60. The molecule has 0 fully saturated rings. The summed E-state index contributed by atoms with van der Waals surface area (Å²) in [6.45, 7) is 3.08. The minimum absolute atomic E-state index is 0.466. The van der Waals surface area contributed by atoms with Crippen LogP contribution in [0.2, 0.25) is 0 Å². The maximum Gasteiger partial charge on any atom is 0.225 e. The van der Waals surface area contributed by atoms with E-state index in [1.807, 2.05) is 55.5 Å². The topological polar surface area (TPSA) is 44.0 Å². The third-order valence-electron chi connectivity index (χ3n) is 3.48. The molecule has 0 radical (unpaired) electrons. The van der Waals surface area contributed by atoms with Crippen LogP contribution >= 0.6 is 0 Å². The molecular weight excluding hydrogens is 290 g/mol. The Kier molecular flexibility index (Phi) is 4.74. The number of fused-ring (bicyclic) bond motifs is 1. The Morgan fingerprint density at radius 2 is 1.87 bits per heavy atom. The zero-order valence-electron chi connectivity index (χ0n) is 13.3. The first-order valence-electron chi connectivity index (χ1n) is 7.58. The predicted molar refractivity (Wildman–Crippen MR) is 89.8 cm³/mol. The highest BCUT2D eigenvalue weighted by molar-refractivity contribution is 5.78. The minimum atomic E-state index is 0.466. The van der Waals surface area contributed by atoms with Crippen molar-refractivity contribution < 1.29 is 13.9 Å². The summed E-state index contributed by atoms with van der Waals surface area (Å²) in [5.74, 6) is 0.754. The molecule has 0 N–H and O–H groups in total. The SMILES string of the molecule is CCOCc1cc2ccc(OC)cc2o/c1=N\c1ccccc1. The van der Waals surface area contributed by atoms with E-state index in [4.69, 9.17) is 13.9 Å². The second kappa shape index (κ2) is 7.11. The van der Waals surface area contributed by atoms with E-state index >= 15 is 0 Å². The molecule has 4 nitrogen and oxygen atoms in total. The Labute approximate surface area is 135 Å². The lowest BCUT2D eigenvalue weighted by Crippen LogP contribution is -2.10. The first-order chi connectivity index (χ1) is 11.3. The quantitative estimate of drug-likeness (QED) is 0.709. The Hall–Kier alpha value is -2.59. The summed E-state index contributed by atoms with van der Waals surface area (Å²) in [6.07, 6.45) is 0. The van der Waals surface area contributed by atoms with Crippen LogP contribution in [0.3, 0.4) is 0 Å². The van der Waals surface area contributed by atoms with E-state index in [1.165, 1.54) is 0 Å². The fraction of sp³-hybridized carbons (Fsp3) is 0.211. The predicted octanol–water partition coefficient (Wildman–Crippen LogP) is 4.21. The number of rotatable bonds is 5. The molecule has 0 unspecified atom stereocenters. The monoisotopic (exact) mass is 309 g/mol. The lowest BCUT2D eigenvalue weighted by atomic mass is 10.2. The van der Waals surface area contributed by atoms with E-state index in [2.05, 4.69) is 11.1 Å². The van der Waals surface area contributed by atoms with Crippen molar-refractivity contribution in [3.8, 4) is 5.75 Å². The molecule has 4 heteroatoms. The molecule has 3 aromatic rings. The molecule has 0 aliphatic carbocycles. The lowest BCUT2D eigenvalue weighted by molar-refractivity contribution is 0.131. The molecule has 3 rings (SSSR count). The molecule has 1 aromatic heterocycles. The zero-order valence-corrected chi connectivity index (χ0v) is 13.3. The van der Waals surface area contributed by atoms with Crippen LogP contribution in [0.15, 0.2) is 64.0 Å². The van der Waals surface area contributed by atoms with Gasteiger partial charge in [-0.25, -0.2) is 4.99 Å². The molecule has 0 saturated carbocycles. The molecule has 0 aliphatic rings. The Morgan fingerprint density at radius 3 is 2.61 bits per heavy atom. The number of benzene rings is 2. The maximum atomic E-state index is 6.01. The fourth-order valence-electron chi connectivity index (χ4n) is 2.30. The van der Waals surface area contributed by atoms with Gasteiger partial charge in [0.25, 0.3) is 0 Å². The van der Waals surface area contributed by atoms with E-state index < -0.39 is 0 Å². The van der Waals surface area contributed by atoms with Gasteiger partial charge >= 0.3 is 0 Å². The Morgan fingerprint density at radius 1 is 1.04 bits per heavy atom. The van der Waals surface area contributed by atoms with Crippen LogP contribution in [0.5, 0.6) is 5.75 Å². The van der Waals surface area contributed by atoms with Crippen molar-refractivity contribution in [1.82, 2.24) is 0 Å². The fourth-order valence-corrected chi connectivity index (χ4v) is 2.30. The van der Waals surface area contributed by atoms with Gasteiger partial charge in [-0.1, -0.05) is 18.2 Å². The molecule has 0 saturated heterocycles. The summed E-state index contributed by atoms with van der Waals surface area (Å²) >= 11 is 0. The number of para-hydroxylation sites is 1. The zero-order chi connectivity index (χ0) is 16.1. The van der Waals surface area contributed by atoms with Crippen LogP contribution in [-0.2, 0) is 11.3 Å². The summed E-state index contributed by atoms with van der Waals surface area (Å²) in [6, 6.07) is 17.5. The Bertz CT molecular complexity index is 853. The van der Waals surface area contributed by atoms with E-state index in [0.717, 1.165) is 28.0 Å². The van der Waals surface area contributed by atoms with Gasteiger partial charge in [0.1, 0.15) is 11.3 Å². The highest BCUT2D eigenvalue weighted by Gasteiger charge is 2.06. The summed E-state index contributed by atoms with van der Waals surface area (Å²) in [4.78, 5) is 4.61. The Balaban J connectivity index is 2.17. The van der Waals surface area contributed by atoms with Gasteiger partial charge in [-0.2, -0.15) is 0 Å². The van der Waals surface area contributed by atoms with Gasteiger partial charge < -0.3 is 13.9 Å². The molecule has 0 spiro atoms. The van der Waals surface area contributed by atoms with E-state index in [9.17, 15) is 0 Å². The largest absolute Gasteiger partial charge is 0.497 e. The maximum absolute atomic E-state index is 6.01. The third kappa shape index (κ3) is 3.60. The normalized spacial score (nSPS) is 11.8. The van der Waals surface area contributed by atoms with Crippen molar-refractivity contribution in [2.45, 2.75) is 13.5 Å². The van der Waals surface area contributed by atoms with Crippen molar-refractivity contribution in [2.24, 2.45) is 4.99 Å². The van der Waals surface area contributed by atoms with E-state index in [-0.39, 0.29) is 0 Å². The molecule has 0 amide bonds. The van der Waals surface area contributed by atoms with Gasteiger partial charge in [0.2, 0.25) is 5.55 Å². The van der Waals surface area contributed by atoms with Crippen LogP contribution in [0, 0.1) is 0 Å². The highest BCUT2D eigenvalue weighted by Crippen LogP contribution is 2.21. The number of nitrogens with zero attached hydrogens (tertiary/aromatic N) is 1. The number of ether oxygens (including phenoxy) is 2. The third-order valence-corrected chi connectivity index (χ3v) is 3.48. The van der Waals surface area contributed by atoms with Gasteiger partial charge in [0.15, 0.2) is 0 Å². The van der Waals surface area contributed by atoms with Crippen LogP contribution < -0.4 is 10.3 Å². The van der Waals surface area contributed by atoms with Gasteiger partial charge in [0.05, 0.1) is 19.4 Å². The second-order valence-electron chi connectivity index (χ2n) is 5.07. The standard InChI is InChI=1S/C19H19NO3/c1-3-22-13-15-11-14-9-10-17(21-2)12-18(14)23-19(15)20-16-7-5-4-6-8-16/h4-12H,3,13H2,1-2H3/b20-19-. The van der Waals surface area contributed by atoms with Crippen LogP contribution in [-0.4, -0.2) is 13.7 Å².